The number of hydrogen-bond donors (Lipinski definition) is 1. The first-order valence-electron chi connectivity index (χ1n) is 3.96. The number of ether oxygens (including phenoxy) is 2. The minimum atomic E-state index is 0.417. The molecule has 2 N–H and O–H groups in total. The summed E-state index contributed by atoms with van der Waals surface area (Å²) >= 11 is 0. The molecule has 0 amide bonds. The highest BCUT2D eigenvalue weighted by atomic mass is 16.5. The topological polar surface area (TPSA) is 57.4 Å². The highest BCUT2D eigenvalue weighted by Gasteiger charge is 2.13. The number of pyridine rings is 1. The standard InChI is InChI=1S/C9H14N2O2/c1-5-6(2)11-9(13-4)7(10)8(5)12-3/h10H2,1-4H3. The van der Waals surface area contributed by atoms with Crippen LogP contribution >= 0.6 is 0 Å². The highest BCUT2D eigenvalue weighted by Crippen LogP contribution is 2.33. The zero-order valence-corrected chi connectivity index (χ0v) is 8.34. The van der Waals surface area contributed by atoms with Crippen molar-refractivity contribution < 1.29 is 9.47 Å². The largest absolute Gasteiger partial charge is 0.494 e. The van der Waals surface area contributed by atoms with E-state index in [1.807, 2.05) is 13.8 Å². The van der Waals surface area contributed by atoms with E-state index in [-0.39, 0.29) is 0 Å². The van der Waals surface area contributed by atoms with Crippen LogP contribution in [0.3, 0.4) is 0 Å². The van der Waals surface area contributed by atoms with Crippen molar-refractivity contribution in [2.75, 3.05) is 20.0 Å². The Morgan fingerprint density at radius 1 is 1.15 bits per heavy atom. The maximum absolute atomic E-state index is 5.76. The molecule has 0 bridgehead atoms. The number of nitrogens with two attached hydrogens (primary N) is 1. The van der Waals surface area contributed by atoms with Crippen LogP contribution in [0.5, 0.6) is 11.6 Å². The van der Waals surface area contributed by atoms with Crippen LogP contribution in [0, 0.1) is 13.8 Å². The number of nitrogens with zero attached hydrogens (tertiary/aromatic N) is 1. The van der Waals surface area contributed by atoms with Crippen LogP contribution in [0.1, 0.15) is 11.3 Å². The Kier molecular flexibility index (Phi) is 2.60. The van der Waals surface area contributed by atoms with Gasteiger partial charge >= 0.3 is 0 Å². The Morgan fingerprint density at radius 3 is 2.23 bits per heavy atom. The third-order valence-electron chi connectivity index (χ3n) is 2.03. The predicted octanol–water partition coefficient (Wildman–Crippen LogP) is 1.30. The molecule has 0 aliphatic heterocycles. The Hall–Kier alpha value is -1.45. The quantitative estimate of drug-likeness (QED) is 0.749. The number of anilines is 1. The first-order chi connectivity index (χ1) is 6.11. The molecule has 0 saturated carbocycles. The van der Waals surface area contributed by atoms with E-state index >= 15 is 0 Å². The van der Waals surface area contributed by atoms with E-state index in [9.17, 15) is 0 Å². The van der Waals surface area contributed by atoms with Crippen molar-refractivity contribution in [3.05, 3.63) is 11.3 Å². The van der Waals surface area contributed by atoms with E-state index in [0.717, 1.165) is 11.3 Å². The monoisotopic (exact) mass is 182 g/mol. The first-order valence-corrected chi connectivity index (χ1v) is 3.96. The zero-order chi connectivity index (χ0) is 10.0. The van der Waals surface area contributed by atoms with Crippen molar-refractivity contribution in [2.24, 2.45) is 0 Å². The molecular weight excluding hydrogens is 168 g/mol. The first kappa shape index (κ1) is 9.64. The molecule has 0 aromatic carbocycles. The van der Waals surface area contributed by atoms with Crippen molar-refractivity contribution in [1.82, 2.24) is 4.98 Å². The Morgan fingerprint density at radius 2 is 1.77 bits per heavy atom. The summed E-state index contributed by atoms with van der Waals surface area (Å²) < 4.78 is 10.2. The minimum absolute atomic E-state index is 0.417. The summed E-state index contributed by atoms with van der Waals surface area (Å²) in [7, 11) is 3.12. The van der Waals surface area contributed by atoms with Gasteiger partial charge < -0.3 is 15.2 Å². The number of nitrogen functional groups attached to an aromatic ring is 1. The molecular formula is C9H14N2O2. The van der Waals surface area contributed by atoms with Crippen molar-refractivity contribution in [3.63, 3.8) is 0 Å². The number of rotatable bonds is 2. The van der Waals surface area contributed by atoms with Crippen LogP contribution in [0.15, 0.2) is 0 Å². The van der Waals surface area contributed by atoms with Crippen molar-refractivity contribution >= 4 is 5.69 Å². The number of methoxy groups -OCH3 is 2. The van der Waals surface area contributed by atoms with E-state index in [2.05, 4.69) is 4.98 Å². The SMILES string of the molecule is COc1nc(C)c(C)c(OC)c1N. The molecule has 0 atom stereocenters. The summed E-state index contributed by atoms with van der Waals surface area (Å²) in [6.07, 6.45) is 0. The Balaban J connectivity index is 3.39. The van der Waals surface area contributed by atoms with E-state index in [0.29, 0.717) is 17.3 Å². The molecule has 72 valence electrons. The molecule has 1 rings (SSSR count). The third-order valence-corrected chi connectivity index (χ3v) is 2.03. The molecule has 0 spiro atoms. The third kappa shape index (κ3) is 1.52. The second-order valence-corrected chi connectivity index (χ2v) is 2.78. The van der Waals surface area contributed by atoms with Gasteiger partial charge in [-0.2, -0.15) is 0 Å². The summed E-state index contributed by atoms with van der Waals surface area (Å²) in [5.41, 5.74) is 8.02. The molecule has 13 heavy (non-hydrogen) atoms. The average molecular weight is 182 g/mol. The number of hydrogen-bond acceptors (Lipinski definition) is 4. The predicted molar refractivity (Wildman–Crippen MR) is 51.2 cm³/mol. The van der Waals surface area contributed by atoms with Gasteiger partial charge in [0.1, 0.15) is 5.69 Å². The van der Waals surface area contributed by atoms with Crippen LogP contribution in [-0.4, -0.2) is 19.2 Å². The minimum Gasteiger partial charge on any atom is -0.494 e. The summed E-state index contributed by atoms with van der Waals surface area (Å²) in [5, 5.41) is 0. The highest BCUT2D eigenvalue weighted by molar-refractivity contribution is 5.63. The van der Waals surface area contributed by atoms with Gasteiger partial charge in [0.15, 0.2) is 5.75 Å². The summed E-state index contributed by atoms with van der Waals surface area (Å²) in [6.45, 7) is 3.80. The summed E-state index contributed by atoms with van der Waals surface area (Å²) in [5.74, 6) is 1.06. The zero-order valence-electron chi connectivity index (χ0n) is 8.34. The van der Waals surface area contributed by atoms with Gasteiger partial charge in [-0.15, -0.1) is 0 Å². The number of aromatic nitrogens is 1. The molecule has 0 unspecified atom stereocenters. The Bertz CT molecular complexity index is 324. The van der Waals surface area contributed by atoms with Crippen LogP contribution in [0.4, 0.5) is 5.69 Å². The molecule has 0 fully saturated rings. The molecule has 0 saturated heterocycles. The molecule has 4 heteroatoms. The van der Waals surface area contributed by atoms with Gasteiger partial charge in [-0.3, -0.25) is 0 Å². The fraction of sp³-hybridized carbons (Fsp3) is 0.444. The Labute approximate surface area is 77.7 Å². The van der Waals surface area contributed by atoms with Crippen molar-refractivity contribution in [3.8, 4) is 11.6 Å². The smallest absolute Gasteiger partial charge is 0.241 e. The van der Waals surface area contributed by atoms with E-state index in [1.54, 1.807) is 7.11 Å². The lowest BCUT2D eigenvalue weighted by Gasteiger charge is -2.12. The molecule has 0 aliphatic rings. The lowest BCUT2D eigenvalue weighted by molar-refractivity contribution is 0.383. The van der Waals surface area contributed by atoms with Gasteiger partial charge in [0.05, 0.1) is 14.2 Å². The lowest BCUT2D eigenvalue weighted by Crippen LogP contribution is -2.03. The normalized spacial score (nSPS) is 9.85. The average Bonchev–Trinajstić information content (AvgIpc) is 2.12. The lowest BCUT2D eigenvalue weighted by atomic mass is 10.2. The van der Waals surface area contributed by atoms with Gasteiger partial charge in [0.2, 0.25) is 5.88 Å². The van der Waals surface area contributed by atoms with Crippen LogP contribution in [0.25, 0.3) is 0 Å². The van der Waals surface area contributed by atoms with E-state index in [4.69, 9.17) is 15.2 Å². The molecule has 1 aromatic heterocycles. The van der Waals surface area contributed by atoms with Crippen molar-refractivity contribution in [2.45, 2.75) is 13.8 Å². The van der Waals surface area contributed by atoms with E-state index < -0.39 is 0 Å². The molecule has 0 aliphatic carbocycles. The van der Waals surface area contributed by atoms with Gasteiger partial charge in [-0.25, -0.2) is 4.98 Å². The summed E-state index contributed by atoms with van der Waals surface area (Å²) in [4.78, 5) is 4.17. The second kappa shape index (κ2) is 3.51. The van der Waals surface area contributed by atoms with Gasteiger partial charge in [0.25, 0.3) is 0 Å². The fourth-order valence-corrected chi connectivity index (χ4v) is 1.18. The molecule has 4 nitrogen and oxygen atoms in total. The molecule has 1 heterocycles. The van der Waals surface area contributed by atoms with Crippen LogP contribution < -0.4 is 15.2 Å². The second-order valence-electron chi connectivity index (χ2n) is 2.78. The molecule has 1 aromatic rings. The van der Waals surface area contributed by atoms with Gasteiger partial charge in [0, 0.05) is 11.3 Å². The number of aryl methyl sites for hydroxylation is 1. The van der Waals surface area contributed by atoms with Gasteiger partial charge in [-0.1, -0.05) is 0 Å². The molecule has 0 radical (unpaired) electrons. The van der Waals surface area contributed by atoms with Gasteiger partial charge in [-0.05, 0) is 13.8 Å². The van der Waals surface area contributed by atoms with Crippen LogP contribution in [-0.2, 0) is 0 Å². The van der Waals surface area contributed by atoms with E-state index in [1.165, 1.54) is 7.11 Å². The maximum atomic E-state index is 5.76. The van der Waals surface area contributed by atoms with Crippen molar-refractivity contribution in [1.29, 1.82) is 0 Å². The maximum Gasteiger partial charge on any atom is 0.241 e. The summed E-state index contributed by atoms with van der Waals surface area (Å²) in [6, 6.07) is 0. The van der Waals surface area contributed by atoms with Crippen LogP contribution in [0.2, 0.25) is 0 Å². The fourth-order valence-electron chi connectivity index (χ4n) is 1.18.